The molecule has 0 aliphatic heterocycles. The summed E-state index contributed by atoms with van der Waals surface area (Å²) in [5, 5.41) is 3.00. The number of hydrogen-bond acceptors (Lipinski definition) is 5. The van der Waals surface area contributed by atoms with Crippen molar-refractivity contribution in [3.05, 3.63) is 11.8 Å². The Hall–Kier alpha value is -1.36. The van der Waals surface area contributed by atoms with Gasteiger partial charge >= 0.3 is 0 Å². The molecule has 0 aromatic carbocycles. The lowest BCUT2D eigenvalue weighted by Crippen LogP contribution is -2.57. The van der Waals surface area contributed by atoms with Gasteiger partial charge in [-0.25, -0.2) is 4.98 Å². The van der Waals surface area contributed by atoms with E-state index in [0.29, 0.717) is 11.5 Å². The number of rotatable bonds is 5. The van der Waals surface area contributed by atoms with Crippen molar-refractivity contribution in [2.45, 2.75) is 31.7 Å². The van der Waals surface area contributed by atoms with E-state index in [4.69, 9.17) is 0 Å². The van der Waals surface area contributed by atoms with Crippen molar-refractivity contribution in [3.63, 3.8) is 0 Å². The van der Waals surface area contributed by atoms with E-state index in [0.717, 1.165) is 17.9 Å². The molecular formula is C14H25N5. The normalized spacial score (nSPS) is 17.2. The largest absolute Gasteiger partial charge is 0.357 e. The molecular weight excluding hydrogens is 238 g/mol. The summed E-state index contributed by atoms with van der Waals surface area (Å²) in [4.78, 5) is 13.4. The van der Waals surface area contributed by atoms with Gasteiger partial charge in [-0.05, 0) is 40.3 Å². The molecule has 106 valence electrons. The van der Waals surface area contributed by atoms with Crippen molar-refractivity contribution in [2.75, 3.05) is 45.0 Å². The molecule has 0 atom stereocenters. The number of hydrogen-bond donors (Lipinski definition) is 1. The molecule has 1 heterocycles. The second-order valence-electron chi connectivity index (χ2n) is 5.78. The Kier molecular flexibility index (Phi) is 3.94. The zero-order chi connectivity index (χ0) is 14.0. The Balaban J connectivity index is 2.17. The van der Waals surface area contributed by atoms with Crippen LogP contribution in [-0.2, 0) is 0 Å². The third-order valence-corrected chi connectivity index (χ3v) is 4.29. The predicted octanol–water partition coefficient (Wildman–Crippen LogP) is 1.75. The molecule has 19 heavy (non-hydrogen) atoms. The van der Waals surface area contributed by atoms with Crippen LogP contribution in [0.4, 0.5) is 11.8 Å². The molecule has 1 fully saturated rings. The van der Waals surface area contributed by atoms with E-state index in [1.165, 1.54) is 19.3 Å². The van der Waals surface area contributed by atoms with Gasteiger partial charge in [0.25, 0.3) is 0 Å². The average molecular weight is 263 g/mol. The number of likely N-dealkylation sites (N-methyl/N-ethyl adjacent to an activating group) is 2. The molecule has 1 aromatic heterocycles. The monoisotopic (exact) mass is 263 g/mol. The maximum Gasteiger partial charge on any atom is 0.224 e. The standard InChI is InChI=1S/C14H25N5/c1-11-9-16-13(15-2)17-12(11)19(5)10-14(18(3)4)7-6-8-14/h9H,6-8,10H2,1-5H3,(H,15,16,17). The minimum atomic E-state index is 0.311. The van der Waals surface area contributed by atoms with E-state index in [-0.39, 0.29) is 0 Å². The van der Waals surface area contributed by atoms with Gasteiger partial charge in [-0.2, -0.15) is 4.98 Å². The summed E-state index contributed by atoms with van der Waals surface area (Å²) in [6.07, 6.45) is 5.75. The van der Waals surface area contributed by atoms with Crippen molar-refractivity contribution < 1.29 is 0 Å². The zero-order valence-corrected chi connectivity index (χ0v) is 12.7. The van der Waals surface area contributed by atoms with Gasteiger partial charge in [0.2, 0.25) is 5.95 Å². The van der Waals surface area contributed by atoms with E-state index in [9.17, 15) is 0 Å². The molecule has 0 radical (unpaired) electrons. The van der Waals surface area contributed by atoms with Gasteiger partial charge in [0.1, 0.15) is 5.82 Å². The lowest BCUT2D eigenvalue weighted by Gasteiger charge is -2.49. The van der Waals surface area contributed by atoms with Gasteiger partial charge < -0.3 is 15.1 Å². The SMILES string of the molecule is CNc1ncc(C)c(N(C)CC2(N(C)C)CCC2)n1. The van der Waals surface area contributed by atoms with Crippen LogP contribution in [-0.4, -0.2) is 55.1 Å². The maximum absolute atomic E-state index is 4.58. The average Bonchev–Trinajstić information content (AvgIpc) is 2.33. The number of anilines is 2. The summed E-state index contributed by atoms with van der Waals surface area (Å²) in [6.45, 7) is 3.08. The van der Waals surface area contributed by atoms with Crippen molar-refractivity contribution in [2.24, 2.45) is 0 Å². The van der Waals surface area contributed by atoms with E-state index in [1.54, 1.807) is 0 Å². The molecule has 5 heteroatoms. The summed E-state index contributed by atoms with van der Waals surface area (Å²) < 4.78 is 0. The Morgan fingerprint density at radius 3 is 2.47 bits per heavy atom. The molecule has 0 unspecified atom stereocenters. The highest BCUT2D eigenvalue weighted by Gasteiger charge is 2.40. The van der Waals surface area contributed by atoms with Crippen LogP contribution in [0.2, 0.25) is 0 Å². The van der Waals surface area contributed by atoms with E-state index in [1.807, 2.05) is 13.2 Å². The number of nitrogens with zero attached hydrogens (tertiary/aromatic N) is 4. The van der Waals surface area contributed by atoms with Crippen LogP contribution < -0.4 is 10.2 Å². The van der Waals surface area contributed by atoms with Crippen LogP contribution in [0.1, 0.15) is 24.8 Å². The van der Waals surface area contributed by atoms with Gasteiger partial charge in [-0.15, -0.1) is 0 Å². The summed E-state index contributed by atoms with van der Waals surface area (Å²) >= 11 is 0. The minimum Gasteiger partial charge on any atom is -0.357 e. The Labute approximate surface area is 116 Å². The first kappa shape index (κ1) is 14.1. The van der Waals surface area contributed by atoms with Crippen LogP contribution in [0.5, 0.6) is 0 Å². The summed E-state index contributed by atoms with van der Waals surface area (Å²) in [6, 6.07) is 0. The molecule has 0 spiro atoms. The second kappa shape index (κ2) is 5.33. The fourth-order valence-corrected chi connectivity index (χ4v) is 2.79. The summed E-state index contributed by atoms with van der Waals surface area (Å²) in [7, 11) is 8.33. The highest BCUT2D eigenvalue weighted by molar-refractivity contribution is 5.48. The zero-order valence-electron chi connectivity index (χ0n) is 12.7. The highest BCUT2D eigenvalue weighted by atomic mass is 15.3. The fraction of sp³-hybridized carbons (Fsp3) is 0.714. The summed E-state index contributed by atoms with van der Waals surface area (Å²) in [5.41, 5.74) is 1.43. The van der Waals surface area contributed by atoms with Gasteiger partial charge in [-0.3, -0.25) is 0 Å². The predicted molar refractivity (Wildman–Crippen MR) is 79.9 cm³/mol. The molecule has 2 rings (SSSR count). The molecule has 0 amide bonds. The molecule has 0 saturated heterocycles. The number of aromatic nitrogens is 2. The first-order valence-corrected chi connectivity index (χ1v) is 6.88. The maximum atomic E-state index is 4.58. The van der Waals surface area contributed by atoms with Crippen molar-refractivity contribution in [3.8, 4) is 0 Å². The molecule has 1 aromatic rings. The molecule has 1 aliphatic rings. The van der Waals surface area contributed by atoms with Crippen molar-refractivity contribution in [1.82, 2.24) is 14.9 Å². The van der Waals surface area contributed by atoms with E-state index < -0.39 is 0 Å². The molecule has 1 N–H and O–H groups in total. The second-order valence-corrected chi connectivity index (χ2v) is 5.78. The van der Waals surface area contributed by atoms with Gasteiger partial charge in [0.15, 0.2) is 0 Å². The van der Waals surface area contributed by atoms with Gasteiger partial charge in [0.05, 0.1) is 0 Å². The Morgan fingerprint density at radius 1 is 1.32 bits per heavy atom. The van der Waals surface area contributed by atoms with Gasteiger partial charge in [0, 0.05) is 37.9 Å². The number of aryl methyl sites for hydroxylation is 1. The lowest BCUT2D eigenvalue weighted by molar-refractivity contribution is 0.0681. The van der Waals surface area contributed by atoms with E-state index in [2.05, 4.69) is 53.2 Å². The number of nitrogens with one attached hydrogen (secondary N) is 1. The van der Waals surface area contributed by atoms with E-state index >= 15 is 0 Å². The fourth-order valence-electron chi connectivity index (χ4n) is 2.79. The summed E-state index contributed by atoms with van der Waals surface area (Å²) in [5.74, 6) is 1.70. The van der Waals surface area contributed by atoms with Crippen molar-refractivity contribution >= 4 is 11.8 Å². The van der Waals surface area contributed by atoms with Crippen molar-refractivity contribution in [1.29, 1.82) is 0 Å². The smallest absolute Gasteiger partial charge is 0.224 e. The molecule has 5 nitrogen and oxygen atoms in total. The molecule has 1 saturated carbocycles. The van der Waals surface area contributed by atoms with Crippen LogP contribution >= 0.6 is 0 Å². The molecule has 0 bridgehead atoms. The van der Waals surface area contributed by atoms with Crippen LogP contribution in [0.3, 0.4) is 0 Å². The third kappa shape index (κ3) is 2.66. The van der Waals surface area contributed by atoms with Crippen LogP contribution in [0, 0.1) is 6.92 Å². The highest BCUT2D eigenvalue weighted by Crippen LogP contribution is 2.37. The van der Waals surface area contributed by atoms with Gasteiger partial charge in [-0.1, -0.05) is 0 Å². The molecule has 1 aliphatic carbocycles. The first-order chi connectivity index (χ1) is 8.98. The third-order valence-electron chi connectivity index (χ3n) is 4.29. The Bertz CT molecular complexity index is 439. The Morgan fingerprint density at radius 2 is 2.00 bits per heavy atom. The van der Waals surface area contributed by atoms with Crippen LogP contribution in [0.25, 0.3) is 0 Å². The lowest BCUT2D eigenvalue weighted by atomic mass is 9.75. The quantitative estimate of drug-likeness (QED) is 0.877. The minimum absolute atomic E-state index is 0.311. The van der Waals surface area contributed by atoms with Crippen LogP contribution in [0.15, 0.2) is 6.20 Å². The topological polar surface area (TPSA) is 44.3 Å². The first-order valence-electron chi connectivity index (χ1n) is 6.88.